The van der Waals surface area contributed by atoms with E-state index in [9.17, 15) is 4.79 Å². The van der Waals surface area contributed by atoms with E-state index in [0.29, 0.717) is 5.56 Å². The summed E-state index contributed by atoms with van der Waals surface area (Å²) < 4.78 is 2.12. The number of carbonyl (C=O) groups excluding carboxylic acids is 1. The fourth-order valence-corrected chi connectivity index (χ4v) is 3.66. The first kappa shape index (κ1) is 15.5. The lowest BCUT2D eigenvalue weighted by molar-refractivity contribution is 0.0940. The Morgan fingerprint density at radius 3 is 2.43 bits per heavy atom. The molecule has 118 valence electrons. The summed E-state index contributed by atoms with van der Waals surface area (Å²) in [6, 6.07) is 9.78. The summed E-state index contributed by atoms with van der Waals surface area (Å²) in [5, 5.41) is 5.99. The third-order valence-corrected chi connectivity index (χ3v) is 4.82. The average Bonchev–Trinajstić information content (AvgIpc) is 3.14. The third kappa shape index (κ3) is 3.05. The van der Waals surface area contributed by atoms with Crippen LogP contribution in [0.1, 0.15) is 40.3 Å². The molecular formula is C18H19N3OS. The molecule has 0 aliphatic rings. The van der Waals surface area contributed by atoms with Crippen LogP contribution >= 0.6 is 11.3 Å². The van der Waals surface area contributed by atoms with Gasteiger partial charge in [0.1, 0.15) is 5.00 Å². The first-order chi connectivity index (χ1) is 11.1. The van der Waals surface area contributed by atoms with Crippen LogP contribution in [0.3, 0.4) is 0 Å². The summed E-state index contributed by atoms with van der Waals surface area (Å²) in [6.45, 7) is 6.08. The standard InChI is InChI=1S/C18H19N3OS/c1-12-4-5-13(2)21(12)18-16(8-11-23-18)17(22)20-14(3)15-6-9-19-10-7-15/h4-11,14H,1-3H3,(H,20,22). The first-order valence-corrected chi connectivity index (χ1v) is 8.39. The molecular weight excluding hydrogens is 306 g/mol. The van der Waals surface area contributed by atoms with Gasteiger partial charge in [-0.2, -0.15) is 0 Å². The Labute approximate surface area is 139 Å². The molecule has 0 spiro atoms. The zero-order valence-corrected chi connectivity index (χ0v) is 14.2. The number of rotatable bonds is 4. The van der Waals surface area contributed by atoms with Crippen molar-refractivity contribution >= 4 is 17.2 Å². The third-order valence-electron chi connectivity index (χ3n) is 3.92. The highest BCUT2D eigenvalue weighted by Gasteiger charge is 2.18. The fourth-order valence-electron chi connectivity index (χ4n) is 2.65. The second-order valence-electron chi connectivity index (χ2n) is 5.57. The van der Waals surface area contributed by atoms with Gasteiger partial charge in [0.2, 0.25) is 0 Å². The molecule has 0 fully saturated rings. The van der Waals surface area contributed by atoms with Crippen LogP contribution in [0.2, 0.25) is 0 Å². The molecule has 0 aromatic carbocycles. The van der Waals surface area contributed by atoms with Crippen LogP contribution in [0.5, 0.6) is 0 Å². The minimum atomic E-state index is -0.0647. The van der Waals surface area contributed by atoms with Gasteiger partial charge in [-0.05, 0) is 62.0 Å². The number of hydrogen-bond acceptors (Lipinski definition) is 3. The predicted octanol–water partition coefficient (Wildman–Crippen LogP) is 4.04. The molecule has 3 aromatic heterocycles. The number of pyridine rings is 1. The van der Waals surface area contributed by atoms with Crippen LogP contribution in [0, 0.1) is 13.8 Å². The Morgan fingerprint density at radius 1 is 1.13 bits per heavy atom. The van der Waals surface area contributed by atoms with Crippen molar-refractivity contribution in [1.82, 2.24) is 14.9 Å². The van der Waals surface area contributed by atoms with Gasteiger partial charge in [-0.15, -0.1) is 11.3 Å². The van der Waals surface area contributed by atoms with Gasteiger partial charge in [0.25, 0.3) is 5.91 Å². The largest absolute Gasteiger partial charge is 0.345 e. The van der Waals surface area contributed by atoms with Crippen LogP contribution in [0.25, 0.3) is 5.00 Å². The van der Waals surface area contributed by atoms with Crippen LogP contribution in [0.15, 0.2) is 48.1 Å². The number of amides is 1. The van der Waals surface area contributed by atoms with E-state index in [0.717, 1.165) is 22.0 Å². The lowest BCUT2D eigenvalue weighted by Crippen LogP contribution is -2.27. The van der Waals surface area contributed by atoms with E-state index in [1.54, 1.807) is 23.7 Å². The number of aryl methyl sites for hydroxylation is 2. The highest BCUT2D eigenvalue weighted by molar-refractivity contribution is 7.13. The van der Waals surface area contributed by atoms with Gasteiger partial charge < -0.3 is 9.88 Å². The van der Waals surface area contributed by atoms with Gasteiger partial charge in [0.15, 0.2) is 0 Å². The maximum atomic E-state index is 12.7. The van der Waals surface area contributed by atoms with Gasteiger partial charge in [0.05, 0.1) is 11.6 Å². The Morgan fingerprint density at radius 2 is 1.78 bits per heavy atom. The number of aromatic nitrogens is 2. The fraction of sp³-hybridized carbons (Fsp3) is 0.222. The maximum Gasteiger partial charge on any atom is 0.254 e. The second kappa shape index (κ2) is 6.38. The van der Waals surface area contributed by atoms with Gasteiger partial charge in [-0.25, -0.2) is 0 Å². The molecule has 0 saturated heterocycles. The number of hydrogen-bond donors (Lipinski definition) is 1. The van der Waals surface area contributed by atoms with Crippen molar-refractivity contribution in [2.75, 3.05) is 0 Å². The zero-order chi connectivity index (χ0) is 16.4. The Kier molecular flexibility index (Phi) is 4.30. The molecule has 5 heteroatoms. The Bertz CT molecular complexity index is 800. The van der Waals surface area contributed by atoms with E-state index in [1.165, 1.54) is 0 Å². The van der Waals surface area contributed by atoms with Crippen molar-refractivity contribution in [3.05, 3.63) is 70.6 Å². The van der Waals surface area contributed by atoms with Gasteiger partial charge >= 0.3 is 0 Å². The summed E-state index contributed by atoms with van der Waals surface area (Å²) >= 11 is 1.58. The molecule has 3 aromatic rings. The van der Waals surface area contributed by atoms with E-state index in [1.807, 2.05) is 44.4 Å². The predicted molar refractivity (Wildman–Crippen MR) is 93.2 cm³/mol. The van der Waals surface area contributed by atoms with Crippen molar-refractivity contribution in [3.8, 4) is 5.00 Å². The lowest BCUT2D eigenvalue weighted by Gasteiger charge is -2.15. The summed E-state index contributed by atoms with van der Waals surface area (Å²) in [5.74, 6) is -0.0573. The minimum absolute atomic E-state index is 0.0573. The number of nitrogens with one attached hydrogen (secondary N) is 1. The van der Waals surface area contributed by atoms with Crippen LogP contribution in [-0.2, 0) is 0 Å². The van der Waals surface area contributed by atoms with Gasteiger partial charge in [0, 0.05) is 23.8 Å². The van der Waals surface area contributed by atoms with E-state index in [2.05, 4.69) is 27.0 Å². The van der Waals surface area contributed by atoms with Crippen LogP contribution in [-0.4, -0.2) is 15.5 Å². The van der Waals surface area contributed by atoms with Crippen molar-refractivity contribution in [1.29, 1.82) is 0 Å². The molecule has 0 aliphatic heterocycles. The number of carbonyl (C=O) groups is 1. The van der Waals surface area contributed by atoms with E-state index >= 15 is 0 Å². The zero-order valence-electron chi connectivity index (χ0n) is 13.4. The topological polar surface area (TPSA) is 46.9 Å². The molecule has 0 saturated carbocycles. The van der Waals surface area contributed by atoms with E-state index in [4.69, 9.17) is 0 Å². The smallest absolute Gasteiger partial charge is 0.254 e. The van der Waals surface area contributed by atoms with Crippen molar-refractivity contribution in [2.45, 2.75) is 26.8 Å². The molecule has 1 unspecified atom stereocenters. The molecule has 4 nitrogen and oxygen atoms in total. The average molecular weight is 325 g/mol. The maximum absolute atomic E-state index is 12.7. The monoisotopic (exact) mass is 325 g/mol. The molecule has 1 amide bonds. The first-order valence-electron chi connectivity index (χ1n) is 7.51. The van der Waals surface area contributed by atoms with Gasteiger partial charge in [-0.3, -0.25) is 9.78 Å². The highest BCUT2D eigenvalue weighted by atomic mass is 32.1. The lowest BCUT2D eigenvalue weighted by atomic mass is 10.1. The van der Waals surface area contributed by atoms with Crippen molar-refractivity contribution in [3.63, 3.8) is 0 Å². The minimum Gasteiger partial charge on any atom is -0.345 e. The quantitative estimate of drug-likeness (QED) is 0.787. The summed E-state index contributed by atoms with van der Waals surface area (Å²) in [7, 11) is 0. The second-order valence-corrected chi connectivity index (χ2v) is 6.46. The summed E-state index contributed by atoms with van der Waals surface area (Å²) in [5.41, 5.74) is 4.00. The van der Waals surface area contributed by atoms with Crippen LogP contribution in [0.4, 0.5) is 0 Å². The van der Waals surface area contributed by atoms with E-state index < -0.39 is 0 Å². The van der Waals surface area contributed by atoms with E-state index in [-0.39, 0.29) is 11.9 Å². The molecule has 0 bridgehead atoms. The molecule has 23 heavy (non-hydrogen) atoms. The summed E-state index contributed by atoms with van der Waals surface area (Å²) in [6.07, 6.45) is 3.47. The molecule has 1 N–H and O–H groups in total. The molecule has 0 aliphatic carbocycles. The number of nitrogens with zero attached hydrogens (tertiary/aromatic N) is 2. The SMILES string of the molecule is Cc1ccc(C)n1-c1sccc1C(=O)NC(C)c1ccncc1. The van der Waals surface area contributed by atoms with Gasteiger partial charge in [-0.1, -0.05) is 0 Å². The molecule has 1 atom stereocenters. The summed E-state index contributed by atoms with van der Waals surface area (Å²) in [4.78, 5) is 16.7. The van der Waals surface area contributed by atoms with Crippen molar-refractivity contribution in [2.24, 2.45) is 0 Å². The normalized spacial score (nSPS) is 12.1. The van der Waals surface area contributed by atoms with Crippen LogP contribution < -0.4 is 5.32 Å². The number of thiophene rings is 1. The highest BCUT2D eigenvalue weighted by Crippen LogP contribution is 2.26. The molecule has 0 radical (unpaired) electrons. The molecule has 3 rings (SSSR count). The van der Waals surface area contributed by atoms with Crippen molar-refractivity contribution < 1.29 is 4.79 Å². The Hall–Kier alpha value is -2.40. The molecule has 3 heterocycles. The Balaban J connectivity index is 1.86.